The zero-order chi connectivity index (χ0) is 9.68. The predicted molar refractivity (Wildman–Crippen MR) is 60.1 cm³/mol. The fourth-order valence-corrected chi connectivity index (χ4v) is 2.13. The van der Waals surface area contributed by atoms with Crippen LogP contribution in [-0.4, -0.2) is 23.3 Å². The number of nitrogens with zero attached hydrogens (tertiary/aromatic N) is 2. The van der Waals surface area contributed by atoms with Gasteiger partial charge >= 0.3 is 0 Å². The third-order valence-electron chi connectivity index (χ3n) is 1.68. The van der Waals surface area contributed by atoms with Gasteiger partial charge in [-0.2, -0.15) is 0 Å². The summed E-state index contributed by atoms with van der Waals surface area (Å²) in [5, 5.41) is 8.00. The van der Waals surface area contributed by atoms with Gasteiger partial charge in [-0.1, -0.05) is 25.2 Å². The minimum atomic E-state index is 0.757. The Morgan fingerprint density at radius 1 is 1.38 bits per heavy atom. The van der Waals surface area contributed by atoms with Crippen LogP contribution in [0, 0.1) is 3.95 Å². The van der Waals surface area contributed by atoms with Gasteiger partial charge in [-0.3, -0.25) is 5.10 Å². The Morgan fingerprint density at radius 3 is 2.38 bits per heavy atom. The maximum atomic E-state index is 4.99. The van der Waals surface area contributed by atoms with Crippen LogP contribution in [0.5, 0.6) is 0 Å². The maximum absolute atomic E-state index is 4.99. The first-order valence-electron chi connectivity index (χ1n) is 4.58. The Morgan fingerprint density at radius 2 is 2.00 bits per heavy atom. The second kappa shape index (κ2) is 5.34. The third-order valence-corrected chi connectivity index (χ3v) is 2.83. The molecular formula is C8H15N3S2. The molecule has 1 rings (SSSR count). The molecule has 74 valence electrons. The summed E-state index contributed by atoms with van der Waals surface area (Å²) < 4.78 is 0.757. The quantitative estimate of drug-likeness (QED) is 0.770. The van der Waals surface area contributed by atoms with E-state index in [9.17, 15) is 0 Å². The van der Waals surface area contributed by atoms with Crippen molar-refractivity contribution in [2.75, 3.05) is 18.0 Å². The van der Waals surface area contributed by atoms with E-state index in [1.54, 1.807) is 11.3 Å². The first-order valence-corrected chi connectivity index (χ1v) is 5.80. The summed E-state index contributed by atoms with van der Waals surface area (Å²) in [5.41, 5.74) is 0. The van der Waals surface area contributed by atoms with Gasteiger partial charge in [-0.15, -0.1) is 5.10 Å². The van der Waals surface area contributed by atoms with Crippen molar-refractivity contribution in [2.24, 2.45) is 0 Å². The molecule has 0 atom stereocenters. The molecule has 1 heterocycles. The van der Waals surface area contributed by atoms with Crippen LogP contribution in [0.15, 0.2) is 0 Å². The van der Waals surface area contributed by atoms with Gasteiger partial charge in [0.05, 0.1) is 0 Å². The zero-order valence-electron chi connectivity index (χ0n) is 8.04. The number of H-pyrrole nitrogens is 1. The van der Waals surface area contributed by atoms with Gasteiger partial charge in [0.1, 0.15) is 0 Å². The molecule has 0 amide bonds. The highest BCUT2D eigenvalue weighted by Gasteiger charge is 2.07. The van der Waals surface area contributed by atoms with Crippen LogP contribution in [0.25, 0.3) is 0 Å². The van der Waals surface area contributed by atoms with Gasteiger partial charge < -0.3 is 4.90 Å². The molecule has 1 aromatic rings. The molecule has 0 fully saturated rings. The van der Waals surface area contributed by atoms with Crippen molar-refractivity contribution < 1.29 is 0 Å². The van der Waals surface area contributed by atoms with Gasteiger partial charge in [0, 0.05) is 13.1 Å². The molecule has 0 radical (unpaired) electrons. The molecule has 0 aliphatic carbocycles. The van der Waals surface area contributed by atoms with Gasteiger partial charge in [-0.25, -0.2) is 0 Å². The fourth-order valence-electron chi connectivity index (χ4n) is 1.20. The summed E-state index contributed by atoms with van der Waals surface area (Å²) in [6, 6.07) is 0. The van der Waals surface area contributed by atoms with Crippen molar-refractivity contribution in [1.82, 2.24) is 10.2 Å². The molecule has 0 saturated carbocycles. The molecule has 0 aliphatic rings. The number of anilines is 1. The molecule has 0 aromatic carbocycles. The molecule has 5 heteroatoms. The average molecular weight is 217 g/mol. The van der Waals surface area contributed by atoms with E-state index < -0.39 is 0 Å². The molecule has 13 heavy (non-hydrogen) atoms. The lowest BCUT2D eigenvalue weighted by Crippen LogP contribution is -2.24. The van der Waals surface area contributed by atoms with Crippen molar-refractivity contribution in [3.05, 3.63) is 3.95 Å². The molecule has 1 N–H and O–H groups in total. The predicted octanol–water partition coefficient (Wildman–Crippen LogP) is 2.83. The van der Waals surface area contributed by atoms with Gasteiger partial charge in [0.15, 0.2) is 3.95 Å². The molecule has 0 bridgehead atoms. The second-order valence-electron chi connectivity index (χ2n) is 2.88. The largest absolute Gasteiger partial charge is 0.347 e. The Kier molecular flexibility index (Phi) is 4.38. The van der Waals surface area contributed by atoms with E-state index in [0.717, 1.165) is 35.0 Å². The normalized spacial score (nSPS) is 10.3. The second-order valence-corrected chi connectivity index (χ2v) is 4.53. The highest BCUT2D eigenvalue weighted by Crippen LogP contribution is 2.17. The Hall–Kier alpha value is -0.420. The van der Waals surface area contributed by atoms with E-state index in [0.29, 0.717) is 0 Å². The van der Waals surface area contributed by atoms with E-state index in [4.69, 9.17) is 12.2 Å². The van der Waals surface area contributed by atoms with Crippen molar-refractivity contribution >= 4 is 28.7 Å². The number of hydrogen-bond donors (Lipinski definition) is 1. The Labute approximate surface area is 87.8 Å². The van der Waals surface area contributed by atoms with Gasteiger partial charge in [-0.05, 0) is 25.1 Å². The lowest BCUT2D eigenvalue weighted by molar-refractivity contribution is 0.736. The first kappa shape index (κ1) is 10.7. The number of hydrogen-bond acceptors (Lipinski definition) is 4. The first-order chi connectivity index (χ1) is 6.27. The summed E-state index contributed by atoms with van der Waals surface area (Å²) in [7, 11) is 0. The minimum Gasteiger partial charge on any atom is -0.347 e. The van der Waals surface area contributed by atoms with Crippen molar-refractivity contribution in [2.45, 2.75) is 26.7 Å². The fraction of sp³-hybridized carbons (Fsp3) is 0.750. The average Bonchev–Trinajstić information content (AvgIpc) is 2.51. The standard InChI is InChI=1S/C8H15N3S2/c1-3-5-11(6-4-2)7-9-10-8(12)13-7/h3-6H2,1-2H3,(H,10,12). The van der Waals surface area contributed by atoms with Crippen LogP contribution in [-0.2, 0) is 0 Å². The van der Waals surface area contributed by atoms with Crippen LogP contribution in [0.1, 0.15) is 26.7 Å². The smallest absolute Gasteiger partial charge is 0.206 e. The van der Waals surface area contributed by atoms with E-state index in [-0.39, 0.29) is 0 Å². The van der Waals surface area contributed by atoms with Crippen LogP contribution in [0.2, 0.25) is 0 Å². The van der Waals surface area contributed by atoms with E-state index in [2.05, 4.69) is 28.9 Å². The van der Waals surface area contributed by atoms with Crippen LogP contribution >= 0.6 is 23.6 Å². The lowest BCUT2D eigenvalue weighted by Gasteiger charge is -2.19. The van der Waals surface area contributed by atoms with E-state index >= 15 is 0 Å². The molecule has 0 aliphatic heterocycles. The number of aromatic amines is 1. The van der Waals surface area contributed by atoms with Gasteiger partial charge in [0.25, 0.3) is 0 Å². The Balaban J connectivity index is 2.69. The SMILES string of the molecule is CCCN(CCC)c1n[nH]c(=S)s1. The zero-order valence-corrected chi connectivity index (χ0v) is 9.67. The van der Waals surface area contributed by atoms with E-state index in [1.807, 2.05) is 0 Å². The summed E-state index contributed by atoms with van der Waals surface area (Å²) in [6.45, 7) is 6.47. The van der Waals surface area contributed by atoms with Crippen molar-refractivity contribution in [3.63, 3.8) is 0 Å². The van der Waals surface area contributed by atoms with Crippen molar-refractivity contribution in [3.8, 4) is 0 Å². The van der Waals surface area contributed by atoms with Crippen LogP contribution in [0.3, 0.4) is 0 Å². The minimum absolute atomic E-state index is 0.757. The highest BCUT2D eigenvalue weighted by atomic mass is 32.1. The summed E-state index contributed by atoms with van der Waals surface area (Å²) >= 11 is 6.54. The van der Waals surface area contributed by atoms with Crippen LogP contribution in [0.4, 0.5) is 5.13 Å². The number of rotatable bonds is 5. The number of nitrogens with one attached hydrogen (secondary N) is 1. The van der Waals surface area contributed by atoms with E-state index in [1.165, 1.54) is 0 Å². The summed E-state index contributed by atoms with van der Waals surface area (Å²) in [4.78, 5) is 2.27. The molecule has 0 saturated heterocycles. The number of aromatic nitrogens is 2. The maximum Gasteiger partial charge on any atom is 0.206 e. The summed E-state index contributed by atoms with van der Waals surface area (Å²) in [6.07, 6.45) is 2.29. The Bertz CT molecular complexity index is 286. The third kappa shape index (κ3) is 3.08. The molecule has 0 unspecified atom stereocenters. The monoisotopic (exact) mass is 217 g/mol. The van der Waals surface area contributed by atoms with Crippen LogP contribution < -0.4 is 4.90 Å². The molecule has 3 nitrogen and oxygen atoms in total. The van der Waals surface area contributed by atoms with Gasteiger partial charge in [0.2, 0.25) is 5.13 Å². The van der Waals surface area contributed by atoms with Crippen molar-refractivity contribution in [1.29, 1.82) is 0 Å². The highest BCUT2D eigenvalue weighted by molar-refractivity contribution is 7.73. The molecular weight excluding hydrogens is 202 g/mol. The topological polar surface area (TPSA) is 31.9 Å². The molecule has 1 aromatic heterocycles. The molecule has 0 spiro atoms. The summed E-state index contributed by atoms with van der Waals surface area (Å²) in [5.74, 6) is 0. The lowest BCUT2D eigenvalue weighted by atomic mass is 10.4.